The SMILES string of the molecule is CCNC(=NCCC1CCCO1)NCCN1C(=O)C2C3C=CC(C3)C2C1=O. The summed E-state index contributed by atoms with van der Waals surface area (Å²) in [7, 11) is 0. The first-order chi connectivity index (χ1) is 13.2. The van der Waals surface area contributed by atoms with Crippen molar-refractivity contribution in [2.75, 3.05) is 32.8 Å². The number of nitrogens with one attached hydrogen (secondary N) is 2. The molecule has 1 saturated carbocycles. The molecule has 7 nitrogen and oxygen atoms in total. The van der Waals surface area contributed by atoms with Crippen LogP contribution in [-0.4, -0.2) is 61.6 Å². The van der Waals surface area contributed by atoms with Gasteiger partial charge in [0.25, 0.3) is 0 Å². The lowest BCUT2D eigenvalue weighted by Gasteiger charge is -2.18. The molecule has 5 atom stereocenters. The van der Waals surface area contributed by atoms with E-state index in [9.17, 15) is 9.59 Å². The van der Waals surface area contributed by atoms with Crippen molar-refractivity contribution in [3.63, 3.8) is 0 Å². The minimum absolute atomic E-state index is 0.0176. The van der Waals surface area contributed by atoms with E-state index in [-0.39, 0.29) is 35.5 Å². The summed E-state index contributed by atoms with van der Waals surface area (Å²) >= 11 is 0. The highest BCUT2D eigenvalue weighted by molar-refractivity contribution is 6.06. The molecule has 7 heteroatoms. The monoisotopic (exact) mass is 374 g/mol. The minimum atomic E-state index is -0.110. The van der Waals surface area contributed by atoms with Gasteiger partial charge < -0.3 is 15.4 Å². The first kappa shape index (κ1) is 18.5. The lowest BCUT2D eigenvalue weighted by molar-refractivity contribution is -0.140. The number of nitrogens with zero attached hydrogens (tertiary/aromatic N) is 2. The molecule has 2 saturated heterocycles. The van der Waals surface area contributed by atoms with Crippen molar-refractivity contribution in [2.45, 2.75) is 38.7 Å². The molecular formula is C20H30N4O3. The first-order valence-electron chi connectivity index (χ1n) is 10.4. The maximum atomic E-state index is 12.7. The fourth-order valence-electron chi connectivity index (χ4n) is 5.00. The molecule has 4 aliphatic rings. The Bertz CT molecular complexity index is 611. The fourth-order valence-corrected chi connectivity index (χ4v) is 5.00. The van der Waals surface area contributed by atoms with Crippen molar-refractivity contribution in [3.05, 3.63) is 12.2 Å². The van der Waals surface area contributed by atoms with Crippen LogP contribution < -0.4 is 10.6 Å². The smallest absolute Gasteiger partial charge is 0.233 e. The van der Waals surface area contributed by atoms with Crippen LogP contribution in [0.4, 0.5) is 0 Å². The van der Waals surface area contributed by atoms with E-state index in [4.69, 9.17) is 4.74 Å². The number of carbonyl (C=O) groups excluding carboxylic acids is 2. The lowest BCUT2D eigenvalue weighted by Crippen LogP contribution is -2.43. The molecule has 5 unspecified atom stereocenters. The number of aliphatic imine (C=N–C) groups is 1. The van der Waals surface area contributed by atoms with Crippen molar-refractivity contribution in [1.82, 2.24) is 15.5 Å². The molecule has 0 radical (unpaired) electrons. The molecular weight excluding hydrogens is 344 g/mol. The number of hydrogen-bond donors (Lipinski definition) is 2. The fraction of sp³-hybridized carbons (Fsp3) is 0.750. The average molecular weight is 374 g/mol. The summed E-state index contributed by atoms with van der Waals surface area (Å²) in [6, 6.07) is 0. The molecule has 2 N–H and O–H groups in total. The molecule has 27 heavy (non-hydrogen) atoms. The van der Waals surface area contributed by atoms with E-state index in [0.29, 0.717) is 25.7 Å². The number of carbonyl (C=O) groups is 2. The van der Waals surface area contributed by atoms with Gasteiger partial charge in [-0.15, -0.1) is 0 Å². The minimum Gasteiger partial charge on any atom is -0.378 e. The molecule has 2 amide bonds. The van der Waals surface area contributed by atoms with E-state index in [1.54, 1.807) is 0 Å². The van der Waals surface area contributed by atoms with Gasteiger partial charge in [0, 0.05) is 32.8 Å². The number of rotatable bonds is 7. The molecule has 2 bridgehead atoms. The highest BCUT2D eigenvalue weighted by Gasteiger charge is 2.58. The summed E-state index contributed by atoms with van der Waals surface area (Å²) in [6.45, 7) is 5.29. The number of ether oxygens (including phenoxy) is 1. The van der Waals surface area contributed by atoms with Gasteiger partial charge in [0.2, 0.25) is 11.8 Å². The Hall–Kier alpha value is -1.89. The summed E-state index contributed by atoms with van der Waals surface area (Å²) in [5.41, 5.74) is 0. The number of imide groups is 1. The quantitative estimate of drug-likeness (QED) is 0.300. The normalized spacial score (nSPS) is 34.6. The molecule has 2 heterocycles. The van der Waals surface area contributed by atoms with E-state index < -0.39 is 0 Å². The van der Waals surface area contributed by atoms with Crippen LogP contribution in [0.25, 0.3) is 0 Å². The Morgan fingerprint density at radius 1 is 1.22 bits per heavy atom. The maximum absolute atomic E-state index is 12.7. The van der Waals surface area contributed by atoms with Gasteiger partial charge in [-0.3, -0.25) is 19.5 Å². The van der Waals surface area contributed by atoms with Crippen molar-refractivity contribution < 1.29 is 14.3 Å². The van der Waals surface area contributed by atoms with Gasteiger partial charge in [0.05, 0.1) is 17.9 Å². The maximum Gasteiger partial charge on any atom is 0.233 e. The van der Waals surface area contributed by atoms with Gasteiger partial charge in [-0.1, -0.05) is 12.2 Å². The van der Waals surface area contributed by atoms with E-state index >= 15 is 0 Å². The van der Waals surface area contributed by atoms with Gasteiger partial charge in [-0.25, -0.2) is 0 Å². The van der Waals surface area contributed by atoms with Gasteiger partial charge in [-0.05, 0) is 44.4 Å². The highest BCUT2D eigenvalue weighted by atomic mass is 16.5. The predicted molar refractivity (Wildman–Crippen MR) is 102 cm³/mol. The molecule has 3 fully saturated rings. The van der Waals surface area contributed by atoms with Crippen LogP contribution in [0.1, 0.15) is 32.6 Å². The van der Waals surface area contributed by atoms with Gasteiger partial charge in [0.1, 0.15) is 0 Å². The molecule has 4 rings (SSSR count). The zero-order chi connectivity index (χ0) is 18.8. The standard InChI is InChI=1S/C20H30N4O3/c1-2-21-20(22-8-7-15-4-3-11-27-15)23-9-10-24-18(25)16-13-5-6-14(12-13)17(16)19(24)26/h5-6,13-17H,2-4,7-12H2,1H3,(H2,21,22,23). The topological polar surface area (TPSA) is 83.0 Å². The lowest BCUT2D eigenvalue weighted by atomic mass is 9.85. The summed E-state index contributed by atoms with van der Waals surface area (Å²) in [4.78, 5) is 31.4. The van der Waals surface area contributed by atoms with Crippen LogP contribution in [-0.2, 0) is 14.3 Å². The third-order valence-electron chi connectivity index (χ3n) is 6.28. The number of likely N-dealkylation sites (tertiary alicyclic amines) is 1. The largest absolute Gasteiger partial charge is 0.378 e. The summed E-state index contributed by atoms with van der Waals surface area (Å²) in [6.07, 6.45) is 8.76. The van der Waals surface area contributed by atoms with Crippen molar-refractivity contribution in [3.8, 4) is 0 Å². The third-order valence-corrected chi connectivity index (χ3v) is 6.28. The van der Waals surface area contributed by atoms with E-state index in [1.165, 1.54) is 4.90 Å². The van der Waals surface area contributed by atoms with Crippen LogP contribution in [0, 0.1) is 23.7 Å². The summed E-state index contributed by atoms with van der Waals surface area (Å²) in [5.74, 6) is 1.09. The number of amides is 2. The second kappa shape index (κ2) is 8.00. The Balaban J connectivity index is 1.26. The van der Waals surface area contributed by atoms with Crippen LogP contribution in [0.5, 0.6) is 0 Å². The Morgan fingerprint density at radius 2 is 1.96 bits per heavy atom. The molecule has 0 aromatic carbocycles. The van der Waals surface area contributed by atoms with Crippen LogP contribution >= 0.6 is 0 Å². The third kappa shape index (κ3) is 3.61. The molecule has 0 aromatic heterocycles. The predicted octanol–water partition coefficient (Wildman–Crippen LogP) is 0.918. The average Bonchev–Trinajstić information content (AvgIpc) is 3.43. The molecule has 2 aliphatic heterocycles. The molecule has 2 aliphatic carbocycles. The van der Waals surface area contributed by atoms with Crippen LogP contribution in [0.3, 0.4) is 0 Å². The number of allylic oxidation sites excluding steroid dienone is 2. The van der Waals surface area contributed by atoms with Crippen molar-refractivity contribution >= 4 is 17.8 Å². The van der Waals surface area contributed by atoms with Crippen LogP contribution in [0.2, 0.25) is 0 Å². The van der Waals surface area contributed by atoms with Gasteiger partial charge in [-0.2, -0.15) is 0 Å². The Labute approximate surface area is 160 Å². The van der Waals surface area contributed by atoms with Gasteiger partial charge in [0.15, 0.2) is 5.96 Å². The van der Waals surface area contributed by atoms with E-state index in [0.717, 1.165) is 44.8 Å². The second-order valence-electron chi connectivity index (χ2n) is 7.94. The number of guanidine groups is 1. The zero-order valence-electron chi connectivity index (χ0n) is 16.0. The molecule has 0 spiro atoms. The van der Waals surface area contributed by atoms with Gasteiger partial charge >= 0.3 is 0 Å². The Kier molecular flexibility index (Phi) is 5.48. The summed E-state index contributed by atoms with van der Waals surface area (Å²) in [5, 5.41) is 6.47. The van der Waals surface area contributed by atoms with Crippen LogP contribution in [0.15, 0.2) is 17.1 Å². The Morgan fingerprint density at radius 3 is 2.59 bits per heavy atom. The number of fused-ring (bicyclic) bond motifs is 5. The molecule has 0 aromatic rings. The second-order valence-corrected chi connectivity index (χ2v) is 7.94. The van der Waals surface area contributed by atoms with Crippen molar-refractivity contribution in [1.29, 1.82) is 0 Å². The zero-order valence-corrected chi connectivity index (χ0v) is 16.0. The van der Waals surface area contributed by atoms with Crippen molar-refractivity contribution in [2.24, 2.45) is 28.7 Å². The van der Waals surface area contributed by atoms with E-state index in [2.05, 4.69) is 27.8 Å². The van der Waals surface area contributed by atoms with E-state index in [1.807, 2.05) is 6.92 Å². The summed E-state index contributed by atoms with van der Waals surface area (Å²) < 4.78 is 5.63. The number of hydrogen-bond acceptors (Lipinski definition) is 4. The first-order valence-corrected chi connectivity index (χ1v) is 10.4. The molecule has 148 valence electrons. The highest BCUT2D eigenvalue weighted by Crippen LogP contribution is 2.52.